The van der Waals surface area contributed by atoms with Crippen molar-refractivity contribution in [2.45, 2.75) is 13.8 Å². The van der Waals surface area contributed by atoms with Crippen molar-refractivity contribution in [2.75, 3.05) is 19.1 Å². The quantitative estimate of drug-likeness (QED) is 0.846. The van der Waals surface area contributed by atoms with Gasteiger partial charge in [0.05, 0.1) is 24.9 Å². The van der Waals surface area contributed by atoms with Crippen molar-refractivity contribution in [3.63, 3.8) is 0 Å². The third-order valence-electron chi connectivity index (χ3n) is 2.32. The number of rotatable bonds is 3. The van der Waals surface area contributed by atoms with Gasteiger partial charge in [-0.2, -0.15) is 0 Å². The molecule has 0 saturated heterocycles. The van der Waals surface area contributed by atoms with Crippen LogP contribution in [0.4, 0.5) is 5.69 Å². The molecule has 98 valence electrons. The number of nitrogens with zero attached hydrogens (tertiary/aromatic N) is 1. The van der Waals surface area contributed by atoms with Gasteiger partial charge in [-0.05, 0) is 6.07 Å². The second-order valence-electron chi connectivity index (χ2n) is 3.53. The average molecular weight is 272 g/mol. The summed E-state index contributed by atoms with van der Waals surface area (Å²) in [6, 6.07) is 2.98. The Balaban J connectivity index is 3.42. The summed E-state index contributed by atoms with van der Waals surface area (Å²) in [6.45, 7) is 2.58. The molecular weight excluding hydrogens is 258 g/mol. The topological polar surface area (TPSA) is 55.8 Å². The van der Waals surface area contributed by atoms with E-state index >= 15 is 0 Å². The molecule has 0 fully saturated rings. The predicted molar refractivity (Wildman–Crippen MR) is 68.4 cm³/mol. The lowest BCUT2D eigenvalue weighted by Gasteiger charge is -2.21. The molecule has 0 aliphatic heterocycles. The fraction of sp³-hybridized carbons (Fsp3) is 0.333. The number of imide groups is 1. The van der Waals surface area contributed by atoms with Gasteiger partial charge in [0.1, 0.15) is 11.5 Å². The molecule has 1 aromatic carbocycles. The van der Waals surface area contributed by atoms with Gasteiger partial charge in [0.15, 0.2) is 0 Å². The number of methoxy groups -OCH3 is 2. The second kappa shape index (κ2) is 5.73. The maximum atomic E-state index is 11.5. The minimum absolute atomic E-state index is 0.292. The number of carbonyl (C=O) groups excluding carboxylic acids is 2. The number of hydrogen-bond acceptors (Lipinski definition) is 4. The molecule has 0 aromatic heterocycles. The third-order valence-corrected chi connectivity index (χ3v) is 2.62. The molecule has 0 unspecified atom stereocenters. The Bertz CT molecular complexity index is 473. The van der Waals surface area contributed by atoms with Gasteiger partial charge < -0.3 is 9.47 Å². The predicted octanol–water partition coefficient (Wildman–Crippen LogP) is 2.26. The van der Waals surface area contributed by atoms with Crippen LogP contribution >= 0.6 is 11.6 Å². The minimum atomic E-state index is -0.415. The van der Waals surface area contributed by atoms with Gasteiger partial charge in [-0.1, -0.05) is 11.6 Å². The van der Waals surface area contributed by atoms with Crippen LogP contribution in [0.15, 0.2) is 12.1 Å². The van der Waals surface area contributed by atoms with Crippen molar-refractivity contribution in [1.29, 1.82) is 0 Å². The summed E-state index contributed by atoms with van der Waals surface area (Å²) in [4.78, 5) is 24.0. The summed E-state index contributed by atoms with van der Waals surface area (Å²) in [5.74, 6) is -0.0879. The van der Waals surface area contributed by atoms with E-state index < -0.39 is 11.8 Å². The number of hydrogen-bond donors (Lipinski definition) is 0. The van der Waals surface area contributed by atoms with Gasteiger partial charge in [0.25, 0.3) is 0 Å². The summed E-state index contributed by atoms with van der Waals surface area (Å²) < 4.78 is 10.2. The van der Waals surface area contributed by atoms with E-state index in [0.29, 0.717) is 22.2 Å². The first-order chi connectivity index (χ1) is 8.42. The van der Waals surface area contributed by atoms with E-state index in [4.69, 9.17) is 21.1 Å². The van der Waals surface area contributed by atoms with Crippen LogP contribution in [-0.4, -0.2) is 26.0 Å². The van der Waals surface area contributed by atoms with Crippen LogP contribution < -0.4 is 14.4 Å². The van der Waals surface area contributed by atoms with Crippen molar-refractivity contribution in [2.24, 2.45) is 0 Å². The fourth-order valence-corrected chi connectivity index (χ4v) is 1.81. The largest absolute Gasteiger partial charge is 0.495 e. The molecule has 0 aliphatic carbocycles. The highest BCUT2D eigenvalue weighted by atomic mass is 35.5. The van der Waals surface area contributed by atoms with E-state index in [-0.39, 0.29) is 0 Å². The van der Waals surface area contributed by atoms with E-state index in [0.717, 1.165) is 4.90 Å². The lowest BCUT2D eigenvalue weighted by molar-refractivity contribution is -0.124. The van der Waals surface area contributed by atoms with Crippen LogP contribution in [0.5, 0.6) is 11.5 Å². The summed E-state index contributed by atoms with van der Waals surface area (Å²) in [7, 11) is 2.90. The zero-order chi connectivity index (χ0) is 13.9. The number of benzene rings is 1. The van der Waals surface area contributed by atoms with E-state index in [1.54, 1.807) is 0 Å². The van der Waals surface area contributed by atoms with E-state index in [1.165, 1.54) is 40.2 Å². The van der Waals surface area contributed by atoms with Crippen LogP contribution in [0.25, 0.3) is 0 Å². The van der Waals surface area contributed by atoms with Crippen molar-refractivity contribution in [3.8, 4) is 11.5 Å². The maximum absolute atomic E-state index is 11.5. The van der Waals surface area contributed by atoms with E-state index in [1.807, 2.05) is 0 Å². The average Bonchev–Trinajstić information content (AvgIpc) is 2.28. The van der Waals surface area contributed by atoms with Crippen LogP contribution in [0.3, 0.4) is 0 Å². The van der Waals surface area contributed by atoms with Crippen molar-refractivity contribution < 1.29 is 19.1 Å². The molecule has 2 amide bonds. The molecule has 6 heteroatoms. The SMILES string of the molecule is COc1cc(OC)c(N(C(C)=O)C(C)=O)cc1Cl. The van der Waals surface area contributed by atoms with E-state index in [2.05, 4.69) is 0 Å². The molecule has 1 rings (SSSR count). The molecule has 0 spiro atoms. The maximum Gasteiger partial charge on any atom is 0.230 e. The standard InChI is InChI=1S/C12H14ClNO4/c1-7(15)14(8(2)16)10-5-9(13)11(17-3)6-12(10)18-4/h5-6H,1-4H3. The van der Waals surface area contributed by atoms with Gasteiger partial charge in [-0.15, -0.1) is 0 Å². The van der Waals surface area contributed by atoms with E-state index in [9.17, 15) is 9.59 Å². The number of carbonyl (C=O) groups is 2. The molecule has 1 aromatic rings. The van der Waals surface area contributed by atoms with Crippen LogP contribution in [-0.2, 0) is 9.59 Å². The van der Waals surface area contributed by atoms with Gasteiger partial charge in [-0.25, -0.2) is 4.90 Å². The van der Waals surface area contributed by atoms with Gasteiger partial charge in [0.2, 0.25) is 11.8 Å². The number of halogens is 1. The monoisotopic (exact) mass is 271 g/mol. The highest BCUT2D eigenvalue weighted by Crippen LogP contribution is 2.38. The number of anilines is 1. The molecule has 0 radical (unpaired) electrons. The molecule has 0 aliphatic rings. The Morgan fingerprint density at radius 3 is 1.94 bits per heavy atom. The van der Waals surface area contributed by atoms with Gasteiger partial charge in [-0.3, -0.25) is 9.59 Å². The normalized spacial score (nSPS) is 9.83. The number of ether oxygens (including phenoxy) is 2. The first-order valence-corrected chi connectivity index (χ1v) is 5.53. The van der Waals surface area contributed by atoms with Crippen LogP contribution in [0, 0.1) is 0 Å². The smallest absolute Gasteiger partial charge is 0.230 e. The van der Waals surface area contributed by atoms with Crippen molar-refractivity contribution >= 4 is 29.1 Å². The minimum Gasteiger partial charge on any atom is -0.495 e. The highest BCUT2D eigenvalue weighted by molar-refractivity contribution is 6.32. The molecule has 0 bridgehead atoms. The van der Waals surface area contributed by atoms with Crippen LogP contribution in [0.2, 0.25) is 5.02 Å². The highest BCUT2D eigenvalue weighted by Gasteiger charge is 2.22. The summed E-state index contributed by atoms with van der Waals surface area (Å²) in [5, 5.41) is 0.292. The Labute approximate surface area is 110 Å². The zero-order valence-corrected chi connectivity index (χ0v) is 11.4. The molecule has 0 N–H and O–H groups in total. The molecule has 0 heterocycles. The van der Waals surface area contributed by atoms with Crippen LogP contribution in [0.1, 0.15) is 13.8 Å². The number of amides is 2. The van der Waals surface area contributed by atoms with Crippen molar-refractivity contribution in [1.82, 2.24) is 0 Å². The summed E-state index contributed by atoms with van der Waals surface area (Å²) in [6.07, 6.45) is 0. The van der Waals surface area contributed by atoms with Crippen molar-refractivity contribution in [3.05, 3.63) is 17.2 Å². The lowest BCUT2D eigenvalue weighted by atomic mass is 10.2. The first kappa shape index (κ1) is 14.3. The third kappa shape index (κ3) is 2.73. The first-order valence-electron chi connectivity index (χ1n) is 5.15. The summed E-state index contributed by atoms with van der Waals surface area (Å²) in [5.41, 5.74) is 0.295. The fourth-order valence-electron chi connectivity index (χ4n) is 1.58. The molecule has 18 heavy (non-hydrogen) atoms. The Kier molecular flexibility index (Phi) is 4.55. The lowest BCUT2D eigenvalue weighted by Crippen LogP contribution is -2.33. The van der Waals surface area contributed by atoms with Gasteiger partial charge in [0, 0.05) is 19.9 Å². The molecule has 0 saturated carbocycles. The Hall–Kier alpha value is -1.75. The second-order valence-corrected chi connectivity index (χ2v) is 3.94. The Morgan fingerprint density at radius 1 is 1.06 bits per heavy atom. The zero-order valence-electron chi connectivity index (χ0n) is 10.6. The molecule has 5 nitrogen and oxygen atoms in total. The molecular formula is C12H14ClNO4. The van der Waals surface area contributed by atoms with Gasteiger partial charge >= 0.3 is 0 Å². The molecule has 0 atom stereocenters. The summed E-state index contributed by atoms with van der Waals surface area (Å²) >= 11 is 5.98. The Morgan fingerprint density at radius 2 is 1.56 bits per heavy atom.